The quantitative estimate of drug-likeness (QED) is 0.810. The molecule has 0 unspecified atom stereocenters. The zero-order chi connectivity index (χ0) is 12.4. The molecule has 0 bridgehead atoms. The third kappa shape index (κ3) is 1.82. The molecular formula is C14H12N2O2. The molecule has 0 aliphatic heterocycles. The van der Waals surface area contributed by atoms with E-state index in [-0.39, 0.29) is 5.91 Å². The highest BCUT2D eigenvalue weighted by atomic mass is 16.3. The van der Waals surface area contributed by atoms with E-state index in [9.17, 15) is 4.79 Å². The van der Waals surface area contributed by atoms with E-state index in [1.165, 1.54) is 10.9 Å². The molecule has 0 radical (unpaired) electrons. The minimum absolute atomic E-state index is 0.250. The van der Waals surface area contributed by atoms with Crippen molar-refractivity contribution in [1.82, 2.24) is 9.78 Å². The molecule has 0 aromatic carbocycles. The first-order chi connectivity index (χ1) is 8.86. The molecule has 18 heavy (non-hydrogen) atoms. The molecule has 3 rings (SSSR count). The number of hydrogen-bond donors (Lipinski definition) is 0. The molecule has 1 aliphatic carbocycles. The fourth-order valence-electron chi connectivity index (χ4n) is 1.99. The van der Waals surface area contributed by atoms with E-state index in [2.05, 4.69) is 17.3 Å². The van der Waals surface area contributed by atoms with Crippen LogP contribution in [0.1, 0.15) is 29.1 Å². The summed E-state index contributed by atoms with van der Waals surface area (Å²) in [6.45, 7) is 0. The third-order valence-corrected chi connectivity index (χ3v) is 2.86. The standard InChI is InChI=1S/C14H12N2O2/c17-14(13-7-4-10-18-13)16-12(8-9-15-16)11-5-2-1-3-6-11/h2,4-10H,1,3H2. The van der Waals surface area contributed by atoms with Gasteiger partial charge in [-0.05, 0) is 36.6 Å². The summed E-state index contributed by atoms with van der Waals surface area (Å²) in [5.41, 5.74) is 1.83. The minimum Gasteiger partial charge on any atom is -0.459 e. The minimum atomic E-state index is -0.250. The predicted molar refractivity (Wildman–Crippen MR) is 67.0 cm³/mol. The van der Waals surface area contributed by atoms with E-state index in [0.29, 0.717) is 5.76 Å². The van der Waals surface area contributed by atoms with Crippen molar-refractivity contribution in [2.75, 3.05) is 0 Å². The van der Waals surface area contributed by atoms with Crippen LogP contribution in [0.25, 0.3) is 5.57 Å². The van der Waals surface area contributed by atoms with Crippen LogP contribution in [-0.4, -0.2) is 15.7 Å². The van der Waals surface area contributed by atoms with Gasteiger partial charge in [0, 0.05) is 0 Å². The van der Waals surface area contributed by atoms with Gasteiger partial charge in [0.1, 0.15) is 0 Å². The van der Waals surface area contributed by atoms with Gasteiger partial charge in [0.05, 0.1) is 18.2 Å². The maximum absolute atomic E-state index is 12.2. The zero-order valence-corrected chi connectivity index (χ0v) is 9.74. The Bertz CT molecular complexity index is 618. The normalized spacial score (nSPS) is 14.6. The number of aromatic nitrogens is 2. The van der Waals surface area contributed by atoms with Crippen molar-refractivity contribution < 1.29 is 9.21 Å². The third-order valence-electron chi connectivity index (χ3n) is 2.86. The zero-order valence-electron chi connectivity index (χ0n) is 9.74. The number of hydrogen-bond acceptors (Lipinski definition) is 3. The molecule has 0 fully saturated rings. The molecule has 0 saturated heterocycles. The average molecular weight is 240 g/mol. The van der Waals surface area contributed by atoms with E-state index >= 15 is 0 Å². The highest BCUT2D eigenvalue weighted by Crippen LogP contribution is 2.21. The van der Waals surface area contributed by atoms with Gasteiger partial charge < -0.3 is 4.42 Å². The first kappa shape index (κ1) is 10.8. The lowest BCUT2D eigenvalue weighted by atomic mass is 10.0. The van der Waals surface area contributed by atoms with Crippen LogP contribution in [0, 0.1) is 0 Å². The Labute approximate surface area is 104 Å². The summed E-state index contributed by atoms with van der Waals surface area (Å²) < 4.78 is 6.49. The van der Waals surface area contributed by atoms with Crippen LogP contribution in [-0.2, 0) is 0 Å². The lowest BCUT2D eigenvalue weighted by Crippen LogP contribution is -2.15. The van der Waals surface area contributed by atoms with Crippen LogP contribution in [0.15, 0.2) is 53.3 Å². The Morgan fingerprint density at radius 1 is 1.33 bits per heavy atom. The second kappa shape index (κ2) is 4.49. The first-order valence-electron chi connectivity index (χ1n) is 5.85. The summed E-state index contributed by atoms with van der Waals surface area (Å²) in [4.78, 5) is 12.2. The maximum Gasteiger partial charge on any atom is 0.314 e. The topological polar surface area (TPSA) is 48.0 Å². The number of allylic oxidation sites excluding steroid dienone is 4. The maximum atomic E-state index is 12.2. The van der Waals surface area contributed by atoms with Gasteiger partial charge in [-0.25, -0.2) is 0 Å². The summed E-state index contributed by atoms with van der Waals surface area (Å²) in [5.74, 6) is 0.0419. The SMILES string of the molecule is O=C(c1ccco1)n1nccc1C1=CCCC=C1. The fraction of sp³-hybridized carbons (Fsp3) is 0.143. The molecule has 2 aromatic heterocycles. The fourth-order valence-corrected chi connectivity index (χ4v) is 1.99. The second-order valence-corrected chi connectivity index (χ2v) is 4.05. The van der Waals surface area contributed by atoms with Crippen molar-refractivity contribution in [3.05, 3.63) is 60.3 Å². The van der Waals surface area contributed by atoms with Gasteiger partial charge in [-0.1, -0.05) is 18.2 Å². The van der Waals surface area contributed by atoms with Crippen LogP contribution in [0.3, 0.4) is 0 Å². The van der Waals surface area contributed by atoms with Crippen LogP contribution < -0.4 is 0 Å². The van der Waals surface area contributed by atoms with E-state index in [1.54, 1.807) is 18.3 Å². The lowest BCUT2D eigenvalue weighted by Gasteiger charge is -2.08. The van der Waals surface area contributed by atoms with Crippen LogP contribution >= 0.6 is 0 Å². The Balaban J connectivity index is 1.99. The van der Waals surface area contributed by atoms with E-state index in [0.717, 1.165) is 24.1 Å². The average Bonchev–Trinajstić information content (AvgIpc) is 3.10. The molecule has 0 amide bonds. The van der Waals surface area contributed by atoms with Crippen molar-refractivity contribution in [3.8, 4) is 0 Å². The molecule has 2 aromatic rings. The summed E-state index contributed by atoms with van der Waals surface area (Å²) in [6.07, 6.45) is 11.4. The Morgan fingerprint density at radius 3 is 3.00 bits per heavy atom. The molecule has 0 saturated carbocycles. The molecule has 4 heteroatoms. The predicted octanol–water partition coefficient (Wildman–Crippen LogP) is 2.90. The van der Waals surface area contributed by atoms with Gasteiger partial charge in [0.25, 0.3) is 0 Å². The van der Waals surface area contributed by atoms with Crippen LogP contribution in [0.5, 0.6) is 0 Å². The first-order valence-corrected chi connectivity index (χ1v) is 5.85. The molecule has 1 aliphatic rings. The molecule has 0 spiro atoms. The van der Waals surface area contributed by atoms with E-state index in [4.69, 9.17) is 4.42 Å². The highest BCUT2D eigenvalue weighted by molar-refractivity contribution is 5.95. The summed E-state index contributed by atoms with van der Waals surface area (Å²) in [6, 6.07) is 5.16. The lowest BCUT2D eigenvalue weighted by molar-refractivity contribution is 0.0916. The van der Waals surface area contributed by atoms with Gasteiger partial charge in [0.2, 0.25) is 0 Å². The highest BCUT2D eigenvalue weighted by Gasteiger charge is 2.17. The molecule has 90 valence electrons. The molecule has 4 nitrogen and oxygen atoms in total. The number of rotatable bonds is 2. The Kier molecular flexibility index (Phi) is 2.68. The number of carbonyl (C=O) groups excluding carboxylic acids is 1. The molecule has 0 atom stereocenters. The number of carbonyl (C=O) groups is 1. The van der Waals surface area contributed by atoms with E-state index in [1.807, 2.05) is 12.1 Å². The number of furan rings is 1. The second-order valence-electron chi connectivity index (χ2n) is 4.05. The van der Waals surface area contributed by atoms with Gasteiger partial charge in [-0.3, -0.25) is 4.79 Å². The smallest absolute Gasteiger partial charge is 0.314 e. The molecule has 0 N–H and O–H groups in total. The molecule has 2 heterocycles. The number of nitrogens with zero attached hydrogens (tertiary/aromatic N) is 2. The summed E-state index contributed by atoms with van der Waals surface area (Å²) in [5, 5.41) is 4.08. The van der Waals surface area contributed by atoms with Gasteiger partial charge in [-0.2, -0.15) is 9.78 Å². The van der Waals surface area contributed by atoms with Crippen LogP contribution in [0.2, 0.25) is 0 Å². The van der Waals surface area contributed by atoms with Gasteiger partial charge >= 0.3 is 5.91 Å². The van der Waals surface area contributed by atoms with Crippen molar-refractivity contribution >= 4 is 11.5 Å². The van der Waals surface area contributed by atoms with Crippen molar-refractivity contribution in [3.63, 3.8) is 0 Å². The van der Waals surface area contributed by atoms with Gasteiger partial charge in [0.15, 0.2) is 5.76 Å². The monoisotopic (exact) mass is 240 g/mol. The molecular weight excluding hydrogens is 228 g/mol. The van der Waals surface area contributed by atoms with Crippen LogP contribution in [0.4, 0.5) is 0 Å². The van der Waals surface area contributed by atoms with Crippen molar-refractivity contribution in [1.29, 1.82) is 0 Å². The summed E-state index contributed by atoms with van der Waals surface area (Å²) >= 11 is 0. The Hall–Kier alpha value is -2.36. The van der Waals surface area contributed by atoms with Crippen molar-refractivity contribution in [2.24, 2.45) is 0 Å². The largest absolute Gasteiger partial charge is 0.459 e. The van der Waals surface area contributed by atoms with Gasteiger partial charge in [-0.15, -0.1) is 0 Å². The van der Waals surface area contributed by atoms with E-state index < -0.39 is 0 Å². The van der Waals surface area contributed by atoms with Crippen molar-refractivity contribution in [2.45, 2.75) is 12.8 Å². The summed E-state index contributed by atoms with van der Waals surface area (Å²) in [7, 11) is 0. The Morgan fingerprint density at radius 2 is 2.28 bits per heavy atom.